The van der Waals surface area contributed by atoms with Gasteiger partial charge in [0, 0.05) is 12.6 Å². The molecule has 0 radical (unpaired) electrons. The molecule has 1 aromatic carbocycles. The smallest absolute Gasteiger partial charge is 0.243 e. The van der Waals surface area contributed by atoms with Gasteiger partial charge >= 0.3 is 0 Å². The zero-order valence-electron chi connectivity index (χ0n) is 11.1. The van der Waals surface area contributed by atoms with Gasteiger partial charge in [-0.3, -0.25) is 0 Å². The molecule has 0 N–H and O–H groups in total. The van der Waals surface area contributed by atoms with Crippen LogP contribution in [0.4, 0.5) is 0 Å². The van der Waals surface area contributed by atoms with Crippen molar-refractivity contribution >= 4 is 10.0 Å². The molecule has 5 heteroatoms. The molecule has 0 spiro atoms. The summed E-state index contributed by atoms with van der Waals surface area (Å²) in [6.45, 7) is 0.670. The molecule has 1 unspecified atom stereocenters. The van der Waals surface area contributed by atoms with Gasteiger partial charge in [-0.2, -0.15) is 4.31 Å². The van der Waals surface area contributed by atoms with E-state index >= 15 is 0 Å². The quantitative estimate of drug-likeness (QED) is 0.853. The van der Waals surface area contributed by atoms with Gasteiger partial charge in [-0.05, 0) is 49.4 Å². The predicted octanol–water partition coefficient (Wildman–Crippen LogP) is 2.26. The standard InChI is InChI=1S/C14H19NO3S/c1-18-12-5-7-13(8-6-12)19(16,17)15-10-9-11-3-2-4-14(11)15/h5-8,11,14H,2-4,9-10H2,1H3/t11-,14?/m1/s1. The van der Waals surface area contributed by atoms with E-state index in [2.05, 4.69) is 0 Å². The average molecular weight is 281 g/mol. The van der Waals surface area contributed by atoms with E-state index in [-0.39, 0.29) is 6.04 Å². The Morgan fingerprint density at radius 1 is 1.16 bits per heavy atom. The van der Waals surface area contributed by atoms with Crippen molar-refractivity contribution in [2.24, 2.45) is 5.92 Å². The van der Waals surface area contributed by atoms with Crippen molar-refractivity contribution in [1.29, 1.82) is 0 Å². The molecule has 1 aliphatic heterocycles. The van der Waals surface area contributed by atoms with Crippen LogP contribution in [-0.4, -0.2) is 32.4 Å². The number of methoxy groups -OCH3 is 1. The summed E-state index contributed by atoms with van der Waals surface area (Å²) < 4.78 is 32.1. The molecule has 1 heterocycles. The highest BCUT2D eigenvalue weighted by molar-refractivity contribution is 7.89. The highest BCUT2D eigenvalue weighted by Crippen LogP contribution is 2.40. The Bertz CT molecular complexity index is 553. The first-order valence-corrected chi connectivity index (χ1v) is 8.23. The molecule has 19 heavy (non-hydrogen) atoms. The summed E-state index contributed by atoms with van der Waals surface area (Å²) in [6, 6.07) is 6.91. The van der Waals surface area contributed by atoms with Crippen LogP contribution in [0.5, 0.6) is 5.75 Å². The Morgan fingerprint density at radius 2 is 1.89 bits per heavy atom. The van der Waals surface area contributed by atoms with Gasteiger partial charge in [0.2, 0.25) is 10.0 Å². The molecule has 1 saturated heterocycles. The Hall–Kier alpha value is -1.07. The number of ether oxygens (including phenoxy) is 1. The van der Waals surface area contributed by atoms with E-state index in [0.717, 1.165) is 19.3 Å². The van der Waals surface area contributed by atoms with E-state index in [1.165, 1.54) is 6.42 Å². The SMILES string of the molecule is COc1ccc(S(=O)(=O)N2CC[C@H]3CCCC32)cc1. The number of fused-ring (bicyclic) bond motifs is 1. The third kappa shape index (κ3) is 2.15. The first-order valence-electron chi connectivity index (χ1n) is 6.79. The lowest BCUT2D eigenvalue weighted by Crippen LogP contribution is -2.35. The fourth-order valence-electron chi connectivity index (χ4n) is 3.37. The van der Waals surface area contributed by atoms with Crippen molar-refractivity contribution in [2.45, 2.75) is 36.6 Å². The van der Waals surface area contributed by atoms with Crippen molar-refractivity contribution < 1.29 is 13.2 Å². The van der Waals surface area contributed by atoms with Crippen LogP contribution in [0, 0.1) is 5.92 Å². The molecule has 1 aromatic rings. The van der Waals surface area contributed by atoms with Gasteiger partial charge in [0.15, 0.2) is 0 Å². The normalized spacial score (nSPS) is 27.4. The molecule has 1 saturated carbocycles. The molecule has 104 valence electrons. The fourth-order valence-corrected chi connectivity index (χ4v) is 5.10. The van der Waals surface area contributed by atoms with Gasteiger partial charge in [0.25, 0.3) is 0 Å². The highest BCUT2D eigenvalue weighted by atomic mass is 32.2. The van der Waals surface area contributed by atoms with Crippen molar-refractivity contribution in [3.05, 3.63) is 24.3 Å². The second-order valence-electron chi connectivity index (χ2n) is 5.34. The third-order valence-electron chi connectivity index (χ3n) is 4.38. The van der Waals surface area contributed by atoms with Gasteiger partial charge in [0.05, 0.1) is 12.0 Å². The van der Waals surface area contributed by atoms with Gasteiger partial charge in [-0.25, -0.2) is 8.42 Å². The van der Waals surface area contributed by atoms with Crippen molar-refractivity contribution in [3.8, 4) is 5.75 Å². The predicted molar refractivity (Wildman–Crippen MR) is 72.6 cm³/mol. The van der Waals surface area contributed by atoms with Crippen molar-refractivity contribution in [1.82, 2.24) is 4.31 Å². The lowest BCUT2D eigenvalue weighted by molar-refractivity contribution is 0.366. The van der Waals surface area contributed by atoms with Crippen LogP contribution in [0.3, 0.4) is 0 Å². The Morgan fingerprint density at radius 3 is 2.58 bits per heavy atom. The van der Waals surface area contributed by atoms with Crippen LogP contribution in [0.1, 0.15) is 25.7 Å². The average Bonchev–Trinajstić information content (AvgIpc) is 3.01. The number of benzene rings is 1. The Labute approximate surface area is 114 Å². The number of hydrogen-bond donors (Lipinski definition) is 0. The second kappa shape index (κ2) is 4.80. The van der Waals surface area contributed by atoms with Gasteiger partial charge in [-0.15, -0.1) is 0 Å². The molecule has 3 rings (SSSR count). The molecule has 1 aliphatic carbocycles. The van der Waals surface area contributed by atoms with E-state index in [4.69, 9.17) is 4.74 Å². The van der Waals surface area contributed by atoms with E-state index in [1.807, 2.05) is 0 Å². The molecule has 0 bridgehead atoms. The number of rotatable bonds is 3. The number of nitrogens with zero attached hydrogens (tertiary/aromatic N) is 1. The molecular formula is C14H19NO3S. The largest absolute Gasteiger partial charge is 0.497 e. The molecule has 0 aromatic heterocycles. The van der Waals surface area contributed by atoms with Crippen LogP contribution < -0.4 is 4.74 Å². The summed E-state index contributed by atoms with van der Waals surface area (Å²) in [4.78, 5) is 0.376. The first kappa shape index (κ1) is 12.9. The molecule has 4 nitrogen and oxygen atoms in total. The lowest BCUT2D eigenvalue weighted by atomic mass is 10.1. The van der Waals surface area contributed by atoms with Crippen LogP contribution in [0.15, 0.2) is 29.2 Å². The summed E-state index contributed by atoms with van der Waals surface area (Å²) in [5.41, 5.74) is 0. The second-order valence-corrected chi connectivity index (χ2v) is 7.23. The van der Waals surface area contributed by atoms with Gasteiger partial charge in [0.1, 0.15) is 5.75 Å². The lowest BCUT2D eigenvalue weighted by Gasteiger charge is -2.23. The van der Waals surface area contributed by atoms with Crippen LogP contribution in [-0.2, 0) is 10.0 Å². The van der Waals surface area contributed by atoms with Crippen LogP contribution in [0.2, 0.25) is 0 Å². The monoisotopic (exact) mass is 281 g/mol. The molecular weight excluding hydrogens is 262 g/mol. The van der Waals surface area contributed by atoms with Crippen molar-refractivity contribution in [2.75, 3.05) is 13.7 Å². The third-order valence-corrected chi connectivity index (χ3v) is 6.31. The zero-order valence-corrected chi connectivity index (χ0v) is 11.9. The Kier molecular flexibility index (Phi) is 3.27. The summed E-state index contributed by atoms with van der Waals surface area (Å²) in [6.07, 6.45) is 4.36. The topological polar surface area (TPSA) is 46.6 Å². The van der Waals surface area contributed by atoms with Crippen LogP contribution >= 0.6 is 0 Å². The summed E-state index contributed by atoms with van der Waals surface area (Å²) in [5, 5.41) is 0. The maximum Gasteiger partial charge on any atom is 0.243 e. The Balaban J connectivity index is 1.89. The maximum atomic E-state index is 12.7. The minimum absolute atomic E-state index is 0.229. The van der Waals surface area contributed by atoms with Gasteiger partial charge < -0.3 is 4.74 Å². The highest BCUT2D eigenvalue weighted by Gasteiger charge is 2.43. The minimum Gasteiger partial charge on any atom is -0.497 e. The van der Waals surface area contributed by atoms with E-state index in [1.54, 1.807) is 35.7 Å². The summed E-state index contributed by atoms with van der Waals surface area (Å²) in [5.74, 6) is 1.26. The fraction of sp³-hybridized carbons (Fsp3) is 0.571. The van der Waals surface area contributed by atoms with Gasteiger partial charge in [-0.1, -0.05) is 6.42 Å². The number of sulfonamides is 1. The van der Waals surface area contributed by atoms with Crippen LogP contribution in [0.25, 0.3) is 0 Å². The van der Waals surface area contributed by atoms with E-state index in [9.17, 15) is 8.42 Å². The summed E-state index contributed by atoms with van der Waals surface area (Å²) in [7, 11) is -1.76. The molecule has 2 atom stereocenters. The minimum atomic E-state index is -3.34. The van der Waals surface area contributed by atoms with Crippen molar-refractivity contribution in [3.63, 3.8) is 0 Å². The zero-order chi connectivity index (χ0) is 13.5. The van der Waals surface area contributed by atoms with E-state index in [0.29, 0.717) is 23.1 Å². The summed E-state index contributed by atoms with van der Waals surface area (Å²) >= 11 is 0. The number of hydrogen-bond acceptors (Lipinski definition) is 3. The molecule has 2 aliphatic rings. The maximum absolute atomic E-state index is 12.7. The molecule has 2 fully saturated rings. The molecule has 0 amide bonds. The first-order chi connectivity index (χ1) is 9.13. The van der Waals surface area contributed by atoms with E-state index < -0.39 is 10.0 Å².